The van der Waals surface area contributed by atoms with Crippen LogP contribution in [-0.4, -0.2) is 32.1 Å². The Kier molecular flexibility index (Phi) is 7.89. The topological polar surface area (TPSA) is 89.1 Å². The smallest absolute Gasteiger partial charge is 0.243 e. The average molecular weight is 494 g/mol. The molecule has 9 heteroatoms. The molecular formula is C27H28FN3O5. The Bertz CT molecular complexity index is 1200. The number of hydrogen-bond acceptors (Lipinski definition) is 6. The second-order valence-corrected chi connectivity index (χ2v) is 8.20. The second-order valence-electron chi connectivity index (χ2n) is 8.20. The third-order valence-electron chi connectivity index (χ3n) is 5.77. The first-order valence-corrected chi connectivity index (χ1v) is 11.6. The van der Waals surface area contributed by atoms with Crippen molar-refractivity contribution in [1.29, 1.82) is 0 Å². The van der Waals surface area contributed by atoms with Crippen LogP contribution in [0.1, 0.15) is 18.9 Å². The lowest BCUT2D eigenvalue weighted by atomic mass is 10.1. The minimum Gasteiger partial charge on any atom is -0.494 e. The number of carbonyl (C=O) groups is 2. The van der Waals surface area contributed by atoms with Crippen molar-refractivity contribution < 1.29 is 28.2 Å². The van der Waals surface area contributed by atoms with Crippen LogP contribution in [0.5, 0.6) is 17.2 Å². The summed E-state index contributed by atoms with van der Waals surface area (Å²) in [6.45, 7) is 2.91. The van der Waals surface area contributed by atoms with Gasteiger partial charge in [-0.2, -0.15) is 0 Å². The summed E-state index contributed by atoms with van der Waals surface area (Å²) in [5.41, 5.74) is 7.55. The Morgan fingerprint density at radius 1 is 1.06 bits per heavy atom. The zero-order valence-electron chi connectivity index (χ0n) is 20.1. The summed E-state index contributed by atoms with van der Waals surface area (Å²) in [5.74, 6) is 0.297. The summed E-state index contributed by atoms with van der Waals surface area (Å²) in [5, 5.41) is 0. The van der Waals surface area contributed by atoms with Gasteiger partial charge in [0.05, 0.1) is 25.3 Å². The van der Waals surface area contributed by atoms with Gasteiger partial charge in [0, 0.05) is 18.7 Å². The van der Waals surface area contributed by atoms with Gasteiger partial charge in [-0.05, 0) is 61.0 Å². The molecule has 0 radical (unpaired) electrons. The summed E-state index contributed by atoms with van der Waals surface area (Å²) >= 11 is 0. The van der Waals surface area contributed by atoms with E-state index in [-0.39, 0.29) is 37.2 Å². The largest absolute Gasteiger partial charge is 0.494 e. The number of para-hydroxylation sites is 1. The molecular weight excluding hydrogens is 465 g/mol. The Hall–Kier alpha value is -4.27. The maximum absolute atomic E-state index is 13.2. The molecule has 1 aliphatic heterocycles. The fourth-order valence-electron chi connectivity index (χ4n) is 3.91. The van der Waals surface area contributed by atoms with Crippen LogP contribution >= 0.6 is 0 Å². The van der Waals surface area contributed by atoms with E-state index in [0.717, 1.165) is 17.0 Å². The number of amides is 2. The predicted molar refractivity (Wildman–Crippen MR) is 134 cm³/mol. The molecule has 188 valence electrons. The zero-order chi connectivity index (χ0) is 25.5. The Balaban J connectivity index is 1.39. The lowest BCUT2D eigenvalue weighted by Gasteiger charge is -2.19. The molecule has 1 saturated heterocycles. The molecule has 4 rings (SSSR count). The van der Waals surface area contributed by atoms with Crippen LogP contribution in [0.2, 0.25) is 0 Å². The predicted octanol–water partition coefficient (Wildman–Crippen LogP) is 4.31. The molecule has 2 N–H and O–H groups in total. The minimum absolute atomic E-state index is 0.104. The summed E-state index contributed by atoms with van der Waals surface area (Å²) < 4.78 is 30.0. The van der Waals surface area contributed by atoms with Crippen molar-refractivity contribution in [2.24, 2.45) is 5.92 Å². The molecule has 1 heterocycles. The first-order valence-electron chi connectivity index (χ1n) is 11.6. The number of nitrogens with zero attached hydrogens (tertiary/aromatic N) is 1. The van der Waals surface area contributed by atoms with E-state index in [0.29, 0.717) is 23.8 Å². The quantitative estimate of drug-likeness (QED) is 0.409. The van der Waals surface area contributed by atoms with Crippen LogP contribution in [0.25, 0.3) is 0 Å². The van der Waals surface area contributed by atoms with E-state index in [1.54, 1.807) is 47.4 Å². The number of hydrogen-bond donors (Lipinski definition) is 2. The fraction of sp³-hybridized carbons (Fsp3) is 0.259. The molecule has 2 amide bonds. The Morgan fingerprint density at radius 3 is 2.50 bits per heavy atom. The average Bonchev–Trinajstić information content (AvgIpc) is 3.29. The highest BCUT2D eigenvalue weighted by atomic mass is 19.1. The van der Waals surface area contributed by atoms with Gasteiger partial charge in [0.1, 0.15) is 18.2 Å². The lowest BCUT2D eigenvalue weighted by Crippen LogP contribution is -2.36. The molecule has 8 nitrogen and oxygen atoms in total. The van der Waals surface area contributed by atoms with Crippen LogP contribution in [0, 0.1) is 11.7 Å². The van der Waals surface area contributed by atoms with Crippen molar-refractivity contribution in [2.45, 2.75) is 20.0 Å². The summed E-state index contributed by atoms with van der Waals surface area (Å²) in [4.78, 5) is 27.1. The number of benzene rings is 3. The normalized spacial score (nSPS) is 14.9. The van der Waals surface area contributed by atoms with Gasteiger partial charge in [-0.1, -0.05) is 18.2 Å². The van der Waals surface area contributed by atoms with Crippen molar-refractivity contribution in [3.05, 3.63) is 78.1 Å². The Morgan fingerprint density at radius 2 is 1.81 bits per heavy atom. The molecule has 1 atom stereocenters. The number of rotatable bonds is 10. The third-order valence-corrected chi connectivity index (χ3v) is 5.77. The maximum atomic E-state index is 13.2. The lowest BCUT2D eigenvalue weighted by molar-refractivity contribution is -0.125. The molecule has 0 saturated carbocycles. The van der Waals surface area contributed by atoms with E-state index in [1.165, 1.54) is 19.2 Å². The van der Waals surface area contributed by atoms with Gasteiger partial charge in [-0.25, -0.2) is 4.39 Å². The minimum atomic E-state index is -0.522. The van der Waals surface area contributed by atoms with Gasteiger partial charge >= 0.3 is 0 Å². The monoisotopic (exact) mass is 493 g/mol. The molecule has 3 aromatic rings. The number of hydrazine groups is 1. The number of methoxy groups -OCH3 is 1. The molecule has 0 unspecified atom stereocenters. The second kappa shape index (κ2) is 11.4. The van der Waals surface area contributed by atoms with Crippen LogP contribution in [-0.2, 0) is 16.2 Å². The van der Waals surface area contributed by atoms with Gasteiger partial charge in [0.15, 0.2) is 11.5 Å². The molecule has 0 bridgehead atoms. The standard InChI is InChI=1S/C27H28FN3O5/c1-3-35-22-13-11-21(12-14-22)31-16-19(15-25(31)32)27(33)30-29-23-5-4-6-24(34-2)26(23)36-17-18-7-9-20(28)10-8-18/h4-14,19,29H,3,15-17H2,1-2H3,(H,30,33)/t19-/m0/s1. The Labute approximate surface area is 208 Å². The molecule has 0 spiro atoms. The van der Waals surface area contributed by atoms with Crippen LogP contribution in [0.3, 0.4) is 0 Å². The van der Waals surface area contributed by atoms with E-state index < -0.39 is 5.92 Å². The van der Waals surface area contributed by atoms with Gasteiger partial charge in [0.25, 0.3) is 0 Å². The van der Waals surface area contributed by atoms with Crippen molar-refractivity contribution in [2.75, 3.05) is 30.6 Å². The van der Waals surface area contributed by atoms with Crippen molar-refractivity contribution in [3.63, 3.8) is 0 Å². The highest BCUT2D eigenvalue weighted by Gasteiger charge is 2.35. The molecule has 1 aliphatic rings. The number of halogens is 1. The van der Waals surface area contributed by atoms with Crippen molar-refractivity contribution in [3.8, 4) is 17.2 Å². The van der Waals surface area contributed by atoms with Gasteiger partial charge < -0.3 is 19.1 Å². The van der Waals surface area contributed by atoms with E-state index in [4.69, 9.17) is 14.2 Å². The fourth-order valence-corrected chi connectivity index (χ4v) is 3.91. The van der Waals surface area contributed by atoms with E-state index in [9.17, 15) is 14.0 Å². The van der Waals surface area contributed by atoms with Crippen LogP contribution in [0.15, 0.2) is 66.7 Å². The molecule has 36 heavy (non-hydrogen) atoms. The number of ether oxygens (including phenoxy) is 3. The van der Waals surface area contributed by atoms with E-state index >= 15 is 0 Å². The molecule has 3 aromatic carbocycles. The first kappa shape index (κ1) is 24.8. The summed E-state index contributed by atoms with van der Waals surface area (Å²) in [7, 11) is 1.52. The molecule has 0 aromatic heterocycles. The van der Waals surface area contributed by atoms with Gasteiger partial charge in [0.2, 0.25) is 11.8 Å². The third kappa shape index (κ3) is 5.86. The van der Waals surface area contributed by atoms with Crippen LogP contribution < -0.4 is 30.0 Å². The SMILES string of the molecule is CCOc1ccc(N2C[C@@H](C(=O)NNc3cccc(OC)c3OCc3ccc(F)cc3)CC2=O)cc1. The van der Waals surface area contributed by atoms with Gasteiger partial charge in [-0.3, -0.25) is 20.4 Å². The first-order chi connectivity index (χ1) is 17.5. The molecule has 1 fully saturated rings. The number of carbonyl (C=O) groups excluding carboxylic acids is 2. The highest BCUT2D eigenvalue weighted by Crippen LogP contribution is 2.35. The summed E-state index contributed by atoms with van der Waals surface area (Å²) in [6.07, 6.45) is 0.104. The van der Waals surface area contributed by atoms with Crippen molar-refractivity contribution in [1.82, 2.24) is 5.43 Å². The van der Waals surface area contributed by atoms with Crippen molar-refractivity contribution >= 4 is 23.2 Å². The highest BCUT2D eigenvalue weighted by molar-refractivity contribution is 6.00. The number of anilines is 2. The molecule has 0 aliphatic carbocycles. The maximum Gasteiger partial charge on any atom is 0.243 e. The van der Waals surface area contributed by atoms with Gasteiger partial charge in [-0.15, -0.1) is 0 Å². The number of nitrogens with one attached hydrogen (secondary N) is 2. The zero-order valence-corrected chi connectivity index (χ0v) is 20.1. The van der Waals surface area contributed by atoms with E-state index in [1.807, 2.05) is 19.1 Å². The summed E-state index contributed by atoms with van der Waals surface area (Å²) in [6, 6.07) is 18.4. The van der Waals surface area contributed by atoms with E-state index in [2.05, 4.69) is 10.9 Å². The van der Waals surface area contributed by atoms with Crippen LogP contribution in [0.4, 0.5) is 15.8 Å².